The summed E-state index contributed by atoms with van der Waals surface area (Å²) < 4.78 is 19.1. The van der Waals surface area contributed by atoms with Gasteiger partial charge in [-0.2, -0.15) is 0 Å². The number of carbonyl (C=O) groups excluding carboxylic acids is 2. The number of benzene rings is 1. The van der Waals surface area contributed by atoms with Gasteiger partial charge in [-0.05, 0) is 72.7 Å². The molecule has 1 atom stereocenters. The monoisotopic (exact) mass is 590 g/mol. The molecule has 0 saturated carbocycles. The van der Waals surface area contributed by atoms with Crippen LogP contribution >= 0.6 is 0 Å². The van der Waals surface area contributed by atoms with Crippen LogP contribution in [0.2, 0.25) is 0 Å². The fourth-order valence-corrected chi connectivity index (χ4v) is 5.62. The number of fused-ring (bicyclic) bond motifs is 3. The van der Waals surface area contributed by atoms with E-state index in [-0.39, 0.29) is 23.3 Å². The predicted molar refractivity (Wildman–Crippen MR) is 167 cm³/mol. The quantitative estimate of drug-likeness (QED) is 0.251. The average molecular weight is 591 g/mol. The Morgan fingerprint density at radius 3 is 2.47 bits per heavy atom. The van der Waals surface area contributed by atoms with Crippen LogP contribution in [0.5, 0.6) is 17.2 Å². The maximum Gasteiger partial charge on any atom is 0.220 e. The molecule has 1 heterocycles. The summed E-state index contributed by atoms with van der Waals surface area (Å²) in [5.41, 5.74) is 4.66. The number of anilines is 1. The van der Waals surface area contributed by atoms with Gasteiger partial charge in [0, 0.05) is 44.4 Å². The van der Waals surface area contributed by atoms with E-state index >= 15 is 0 Å². The molecule has 0 bridgehead atoms. The number of hydrogen-bond acceptors (Lipinski definition) is 7. The van der Waals surface area contributed by atoms with Crippen molar-refractivity contribution in [2.75, 3.05) is 33.2 Å². The summed E-state index contributed by atoms with van der Waals surface area (Å²) in [5, 5.41) is 9.27. The van der Waals surface area contributed by atoms with Gasteiger partial charge in [0.05, 0.1) is 39.6 Å². The highest BCUT2D eigenvalue weighted by molar-refractivity contribution is 5.83. The van der Waals surface area contributed by atoms with Gasteiger partial charge in [-0.15, -0.1) is 0 Å². The van der Waals surface area contributed by atoms with Crippen molar-refractivity contribution >= 4 is 17.5 Å². The number of hydrogen-bond donors (Lipinski definition) is 3. The van der Waals surface area contributed by atoms with Crippen LogP contribution in [0.15, 0.2) is 47.4 Å². The molecule has 230 valence electrons. The number of nitrogens with zero attached hydrogens (tertiary/aromatic N) is 1. The van der Waals surface area contributed by atoms with Gasteiger partial charge in [-0.1, -0.05) is 12.5 Å². The van der Waals surface area contributed by atoms with Crippen molar-refractivity contribution in [2.45, 2.75) is 58.0 Å². The summed E-state index contributed by atoms with van der Waals surface area (Å²) in [7, 11) is 6.67. The van der Waals surface area contributed by atoms with E-state index in [1.165, 1.54) is 6.92 Å². The molecular formula is C33H42N4O6. The molecule has 10 nitrogen and oxygen atoms in total. The van der Waals surface area contributed by atoms with Gasteiger partial charge in [-0.25, -0.2) is 0 Å². The predicted octanol–water partition coefficient (Wildman–Crippen LogP) is 4.49. The third kappa shape index (κ3) is 7.49. The van der Waals surface area contributed by atoms with Crippen LogP contribution in [-0.4, -0.2) is 44.3 Å². The Hall–Kier alpha value is -4.47. The van der Waals surface area contributed by atoms with Crippen LogP contribution in [0.1, 0.15) is 61.9 Å². The van der Waals surface area contributed by atoms with Crippen LogP contribution in [0.3, 0.4) is 0 Å². The topological polar surface area (TPSA) is 120 Å². The molecule has 1 aliphatic rings. The number of ether oxygens (including phenoxy) is 3. The summed E-state index contributed by atoms with van der Waals surface area (Å²) in [4.78, 5) is 37.8. The summed E-state index contributed by atoms with van der Waals surface area (Å²) in [5.74, 6) is 1.40. The number of aryl methyl sites for hydroxylation is 2. The number of unbranched alkanes of at least 4 members (excludes halogenated alkanes) is 2. The second-order valence-electron chi connectivity index (χ2n) is 10.7. The lowest BCUT2D eigenvalue weighted by atomic mass is 9.95. The smallest absolute Gasteiger partial charge is 0.220 e. The second kappa shape index (κ2) is 14.6. The van der Waals surface area contributed by atoms with Gasteiger partial charge in [-0.3, -0.25) is 14.4 Å². The van der Waals surface area contributed by atoms with E-state index in [4.69, 9.17) is 14.2 Å². The van der Waals surface area contributed by atoms with E-state index < -0.39 is 0 Å². The molecule has 0 spiro atoms. The highest BCUT2D eigenvalue weighted by atomic mass is 16.5. The Bertz CT molecular complexity index is 1520. The van der Waals surface area contributed by atoms with E-state index in [2.05, 4.69) is 16.0 Å². The maximum absolute atomic E-state index is 13.4. The molecule has 43 heavy (non-hydrogen) atoms. The first kappa shape index (κ1) is 31.5. The van der Waals surface area contributed by atoms with Crippen LogP contribution in [-0.2, 0) is 29.6 Å². The standard InChI is InChI=1S/C33H42N4O6/c1-21(38)36-26-14-12-22-18-29(41-3)32(42-4)33(43-5)31(22)24-13-15-27(28(39)19-25(24)26)34-16-8-6-7-11-30(40)35-20-23-10-9-17-37(23)2/h9-10,13,15,17-19,26H,6-8,11-12,14,16,20H2,1-5H3,(H,34,39)(H,35,40)(H,36,38)/t26-/m1/s1. The minimum Gasteiger partial charge on any atom is -0.493 e. The molecule has 0 radical (unpaired) electrons. The number of nitrogens with one attached hydrogen (secondary N) is 3. The Morgan fingerprint density at radius 1 is 1.00 bits per heavy atom. The van der Waals surface area contributed by atoms with Crippen molar-refractivity contribution in [1.29, 1.82) is 0 Å². The first-order valence-electron chi connectivity index (χ1n) is 14.7. The minimum absolute atomic E-state index is 0.0336. The molecular weight excluding hydrogens is 548 g/mol. The molecule has 2 amide bonds. The van der Waals surface area contributed by atoms with Gasteiger partial charge in [0.25, 0.3) is 0 Å². The van der Waals surface area contributed by atoms with Crippen molar-refractivity contribution in [2.24, 2.45) is 7.05 Å². The lowest BCUT2D eigenvalue weighted by Crippen LogP contribution is -2.26. The lowest BCUT2D eigenvalue weighted by Gasteiger charge is -2.19. The number of methoxy groups -OCH3 is 3. The Kier molecular flexibility index (Phi) is 10.7. The van der Waals surface area contributed by atoms with Gasteiger partial charge in [0.15, 0.2) is 11.5 Å². The van der Waals surface area contributed by atoms with Crippen molar-refractivity contribution < 1.29 is 23.8 Å². The van der Waals surface area contributed by atoms with Crippen molar-refractivity contribution in [3.8, 4) is 28.4 Å². The van der Waals surface area contributed by atoms with Crippen molar-refractivity contribution in [1.82, 2.24) is 15.2 Å². The number of carbonyl (C=O) groups is 2. The zero-order valence-corrected chi connectivity index (χ0v) is 25.7. The molecule has 3 aromatic rings. The molecule has 10 heteroatoms. The van der Waals surface area contributed by atoms with Gasteiger partial charge < -0.3 is 34.7 Å². The second-order valence-corrected chi connectivity index (χ2v) is 10.7. The maximum atomic E-state index is 13.4. The molecule has 0 unspecified atom stereocenters. The molecule has 0 aliphatic heterocycles. The molecule has 1 aliphatic carbocycles. The van der Waals surface area contributed by atoms with E-state index in [9.17, 15) is 14.4 Å². The molecule has 0 fully saturated rings. The number of aromatic nitrogens is 1. The summed E-state index contributed by atoms with van der Waals surface area (Å²) in [6.07, 6.45) is 6.08. The molecule has 1 aromatic heterocycles. The molecule has 0 saturated heterocycles. The molecule has 4 rings (SSSR count). The normalized spacial score (nSPS) is 13.7. The van der Waals surface area contributed by atoms with Gasteiger partial charge in [0.2, 0.25) is 23.0 Å². The number of amides is 2. The largest absolute Gasteiger partial charge is 0.493 e. The van der Waals surface area contributed by atoms with Gasteiger partial charge >= 0.3 is 0 Å². The van der Waals surface area contributed by atoms with E-state index in [1.54, 1.807) is 33.5 Å². The molecule has 3 N–H and O–H groups in total. The lowest BCUT2D eigenvalue weighted by molar-refractivity contribution is -0.121. The van der Waals surface area contributed by atoms with Crippen molar-refractivity contribution in [3.05, 3.63) is 69.6 Å². The number of rotatable bonds is 13. The highest BCUT2D eigenvalue weighted by Gasteiger charge is 2.29. The first-order valence-corrected chi connectivity index (χ1v) is 14.7. The Morgan fingerprint density at radius 2 is 1.79 bits per heavy atom. The van der Waals surface area contributed by atoms with Gasteiger partial charge in [0.1, 0.15) is 0 Å². The summed E-state index contributed by atoms with van der Waals surface area (Å²) in [6, 6.07) is 10.8. The Labute approximate surface area is 252 Å². The van der Waals surface area contributed by atoms with Crippen LogP contribution in [0.4, 0.5) is 5.69 Å². The highest BCUT2D eigenvalue weighted by Crippen LogP contribution is 2.50. The fourth-order valence-electron chi connectivity index (χ4n) is 5.62. The third-order valence-electron chi connectivity index (χ3n) is 7.83. The fraction of sp³-hybridized carbons (Fsp3) is 0.424. The SMILES string of the molecule is COc1cc2c(c(OC)c1OC)-c1ccc(NCCCCCC(=O)NCc3cccn3C)c(=O)cc1[C@H](NC(C)=O)CC2. The van der Waals surface area contributed by atoms with E-state index in [0.717, 1.165) is 47.2 Å². The van der Waals surface area contributed by atoms with E-state index in [1.807, 2.05) is 42.1 Å². The Balaban J connectivity index is 1.49. The molecule has 2 aromatic carbocycles. The summed E-state index contributed by atoms with van der Waals surface area (Å²) in [6.45, 7) is 2.59. The zero-order chi connectivity index (χ0) is 30.9. The third-order valence-corrected chi connectivity index (χ3v) is 7.83. The van der Waals surface area contributed by atoms with E-state index in [0.29, 0.717) is 55.3 Å². The van der Waals surface area contributed by atoms with Crippen molar-refractivity contribution in [3.63, 3.8) is 0 Å². The zero-order valence-electron chi connectivity index (χ0n) is 25.7. The average Bonchev–Trinajstić information content (AvgIpc) is 3.26. The summed E-state index contributed by atoms with van der Waals surface area (Å²) >= 11 is 0. The first-order chi connectivity index (χ1) is 20.8. The minimum atomic E-state index is -0.359. The van der Waals surface area contributed by atoms with Crippen LogP contribution in [0, 0.1) is 0 Å². The van der Waals surface area contributed by atoms with Crippen LogP contribution < -0.4 is 35.6 Å². The van der Waals surface area contributed by atoms with Crippen LogP contribution in [0.25, 0.3) is 11.1 Å².